The zero-order valence-electron chi connectivity index (χ0n) is 18.7. The van der Waals surface area contributed by atoms with Crippen molar-refractivity contribution >= 4 is 82.5 Å². The molecule has 0 aliphatic rings. The maximum atomic E-state index is 11.9. The molecule has 12 heteroatoms. The first-order valence-corrected chi connectivity index (χ1v) is 18.0. The molecular weight excluding hydrogens is 511 g/mol. The lowest BCUT2D eigenvalue weighted by Gasteiger charge is -2.18. The molecule has 3 N–H and O–H groups in total. The number of rotatable bonds is 21. The molecule has 0 saturated heterocycles. The van der Waals surface area contributed by atoms with E-state index in [1.54, 1.807) is 64.8 Å². The van der Waals surface area contributed by atoms with Gasteiger partial charge in [0.25, 0.3) is 0 Å². The third-order valence-corrected chi connectivity index (χ3v) is 10.8. The minimum atomic E-state index is 0.0576. The van der Waals surface area contributed by atoms with Gasteiger partial charge >= 0.3 is 0 Å². The molecule has 0 aromatic carbocycles. The average Bonchev–Trinajstić information content (AvgIpc) is 2.74. The van der Waals surface area contributed by atoms with Crippen molar-refractivity contribution in [3.63, 3.8) is 0 Å². The minimum absolute atomic E-state index is 0.0576. The molecule has 0 aromatic rings. The molecule has 0 fully saturated rings. The van der Waals surface area contributed by atoms with Crippen LogP contribution in [0.4, 0.5) is 0 Å². The summed E-state index contributed by atoms with van der Waals surface area (Å²) in [5.41, 5.74) is 0. The van der Waals surface area contributed by atoms with Crippen molar-refractivity contribution in [3.05, 3.63) is 0 Å². The fraction of sp³-hybridized carbons (Fsp3) is 0.842. The van der Waals surface area contributed by atoms with E-state index in [0.29, 0.717) is 42.8 Å². The van der Waals surface area contributed by atoms with Gasteiger partial charge in [0.1, 0.15) is 0 Å². The third-order valence-electron chi connectivity index (χ3n) is 3.80. The van der Waals surface area contributed by atoms with E-state index in [2.05, 4.69) is 36.7 Å². The largest absolute Gasteiger partial charge is 0.355 e. The Balaban J connectivity index is 4.26. The van der Waals surface area contributed by atoms with Crippen LogP contribution in [0.3, 0.4) is 0 Å². The van der Waals surface area contributed by atoms with E-state index in [1.807, 2.05) is 0 Å². The molecule has 0 radical (unpaired) electrons. The van der Waals surface area contributed by atoms with Gasteiger partial charge in [-0.25, -0.2) is 0 Å². The van der Waals surface area contributed by atoms with E-state index in [0.717, 1.165) is 36.5 Å². The van der Waals surface area contributed by atoms with Gasteiger partial charge in [-0.15, -0.1) is 0 Å². The Kier molecular flexibility index (Phi) is 24.1. The molecule has 0 atom stereocenters. The Bertz CT molecular complexity index is 422. The van der Waals surface area contributed by atoms with Gasteiger partial charge in [-0.3, -0.25) is 14.4 Å². The van der Waals surface area contributed by atoms with Gasteiger partial charge < -0.3 is 16.0 Å². The quantitative estimate of drug-likeness (QED) is 0.144. The van der Waals surface area contributed by atoms with Crippen molar-refractivity contribution < 1.29 is 14.4 Å². The molecule has 6 nitrogen and oxygen atoms in total. The molecule has 0 rings (SSSR count). The standard InChI is InChI=1S/C19H37N3O3S6/c1-4-26-29-13-17(23)20-10-7-16(8-11-21-18(24)14-30-27-5-2)9-12-22-19(25)15-31-28-6-3/h16H,4-15H2,1-3H3,(H,20,23)(H,21,24)(H,22,25). The van der Waals surface area contributed by atoms with Crippen molar-refractivity contribution in [3.8, 4) is 0 Å². The van der Waals surface area contributed by atoms with Crippen molar-refractivity contribution in [2.75, 3.05) is 54.2 Å². The smallest absolute Gasteiger partial charge is 0.230 e. The second-order valence-electron chi connectivity index (χ2n) is 6.29. The molecule has 0 aliphatic heterocycles. The normalized spacial score (nSPS) is 10.8. The summed E-state index contributed by atoms with van der Waals surface area (Å²) < 4.78 is 0. The molecular formula is C19H37N3O3S6. The van der Waals surface area contributed by atoms with E-state index in [9.17, 15) is 14.4 Å². The van der Waals surface area contributed by atoms with Crippen molar-refractivity contribution in [1.29, 1.82) is 0 Å². The first kappa shape index (κ1) is 31.5. The lowest BCUT2D eigenvalue weighted by atomic mass is 9.97. The zero-order valence-corrected chi connectivity index (χ0v) is 23.6. The van der Waals surface area contributed by atoms with Gasteiger partial charge in [0.05, 0.1) is 17.3 Å². The van der Waals surface area contributed by atoms with Gasteiger partial charge in [0.15, 0.2) is 0 Å². The lowest BCUT2D eigenvalue weighted by molar-refractivity contribution is -0.119. The van der Waals surface area contributed by atoms with Crippen LogP contribution in [0.5, 0.6) is 0 Å². The summed E-state index contributed by atoms with van der Waals surface area (Å²) in [6, 6.07) is 0. The molecule has 0 unspecified atom stereocenters. The second-order valence-corrected chi connectivity index (χ2v) is 14.5. The first-order valence-electron chi connectivity index (χ1n) is 10.6. The highest BCUT2D eigenvalue weighted by Crippen LogP contribution is 2.21. The van der Waals surface area contributed by atoms with Crippen LogP contribution in [0, 0.1) is 5.92 Å². The van der Waals surface area contributed by atoms with Crippen LogP contribution in [-0.2, 0) is 14.4 Å². The van der Waals surface area contributed by atoms with Crippen molar-refractivity contribution in [2.45, 2.75) is 40.0 Å². The Labute approximate surface area is 211 Å². The summed E-state index contributed by atoms with van der Waals surface area (Å²) in [5.74, 6) is 4.87. The molecule has 0 aromatic heterocycles. The number of hydrogen-bond donors (Lipinski definition) is 3. The predicted octanol–water partition coefficient (Wildman–Crippen LogP) is 4.33. The first-order chi connectivity index (χ1) is 15.0. The maximum Gasteiger partial charge on any atom is 0.230 e. The number of amides is 3. The Morgan fingerprint density at radius 1 is 0.548 bits per heavy atom. The van der Waals surface area contributed by atoms with Gasteiger partial charge in [0, 0.05) is 36.9 Å². The van der Waals surface area contributed by atoms with E-state index < -0.39 is 0 Å². The highest BCUT2D eigenvalue weighted by Gasteiger charge is 2.12. The molecule has 0 saturated carbocycles. The predicted molar refractivity (Wildman–Crippen MR) is 148 cm³/mol. The van der Waals surface area contributed by atoms with Crippen molar-refractivity contribution in [2.24, 2.45) is 5.92 Å². The number of hydrogen-bond acceptors (Lipinski definition) is 9. The van der Waals surface area contributed by atoms with Crippen LogP contribution in [0.15, 0.2) is 0 Å². The Hall–Kier alpha value is 0.510. The van der Waals surface area contributed by atoms with Crippen LogP contribution in [0.1, 0.15) is 40.0 Å². The van der Waals surface area contributed by atoms with Gasteiger partial charge in [-0.05, 0) is 25.2 Å². The Morgan fingerprint density at radius 3 is 1.10 bits per heavy atom. The van der Waals surface area contributed by atoms with E-state index >= 15 is 0 Å². The van der Waals surface area contributed by atoms with Crippen molar-refractivity contribution in [1.82, 2.24) is 16.0 Å². The highest BCUT2D eigenvalue weighted by molar-refractivity contribution is 8.77. The second kappa shape index (κ2) is 23.7. The minimum Gasteiger partial charge on any atom is -0.355 e. The fourth-order valence-electron chi connectivity index (χ4n) is 2.37. The van der Waals surface area contributed by atoms with Crippen LogP contribution < -0.4 is 16.0 Å². The monoisotopic (exact) mass is 547 g/mol. The summed E-state index contributed by atoms with van der Waals surface area (Å²) in [7, 11) is 9.78. The Morgan fingerprint density at radius 2 is 0.839 bits per heavy atom. The summed E-state index contributed by atoms with van der Waals surface area (Å²) in [4.78, 5) is 35.7. The average molecular weight is 548 g/mol. The van der Waals surface area contributed by atoms with E-state index in [4.69, 9.17) is 0 Å². The summed E-state index contributed by atoms with van der Waals surface area (Å²) in [6.45, 7) is 8.07. The molecule has 0 spiro atoms. The zero-order chi connectivity index (χ0) is 23.2. The molecule has 0 heterocycles. The van der Waals surface area contributed by atoms with Crippen LogP contribution in [0.25, 0.3) is 0 Å². The van der Waals surface area contributed by atoms with Crippen LogP contribution in [-0.4, -0.2) is 71.9 Å². The van der Waals surface area contributed by atoms with E-state index in [-0.39, 0.29) is 17.7 Å². The highest BCUT2D eigenvalue weighted by atomic mass is 33.1. The summed E-state index contributed by atoms with van der Waals surface area (Å²) in [6.07, 6.45) is 2.51. The summed E-state index contributed by atoms with van der Waals surface area (Å²) in [5, 5.41) is 8.94. The summed E-state index contributed by atoms with van der Waals surface area (Å²) >= 11 is 0. The van der Waals surface area contributed by atoms with Gasteiger partial charge in [-0.1, -0.05) is 85.5 Å². The maximum absolute atomic E-state index is 11.9. The van der Waals surface area contributed by atoms with Gasteiger partial charge in [-0.2, -0.15) is 0 Å². The molecule has 3 amide bonds. The topological polar surface area (TPSA) is 87.3 Å². The van der Waals surface area contributed by atoms with E-state index in [1.165, 1.54) is 0 Å². The third kappa shape index (κ3) is 22.1. The number of carbonyl (C=O) groups excluding carboxylic acids is 3. The van der Waals surface area contributed by atoms with Crippen LogP contribution >= 0.6 is 64.8 Å². The molecule has 31 heavy (non-hydrogen) atoms. The lowest BCUT2D eigenvalue weighted by Crippen LogP contribution is -2.32. The van der Waals surface area contributed by atoms with Crippen LogP contribution in [0.2, 0.25) is 0 Å². The van der Waals surface area contributed by atoms with Gasteiger partial charge in [0.2, 0.25) is 17.7 Å². The SMILES string of the molecule is CCSSCC(=O)NCCC(CCNC(=O)CSSCC)CCNC(=O)CSSCC. The molecule has 0 aliphatic carbocycles. The fourth-order valence-corrected chi connectivity index (χ4v) is 6.96. The molecule has 0 bridgehead atoms. The molecule has 182 valence electrons. The number of carbonyl (C=O) groups is 3. The number of nitrogens with one attached hydrogen (secondary N) is 3.